The van der Waals surface area contributed by atoms with Gasteiger partial charge in [0, 0.05) is 55.0 Å². The van der Waals surface area contributed by atoms with E-state index in [0.717, 1.165) is 72.0 Å². The Labute approximate surface area is 690 Å². The van der Waals surface area contributed by atoms with Gasteiger partial charge in [-0.1, -0.05) is 392 Å². The maximum Gasteiger partial charge on any atom is 0.164 e. The molecule has 0 saturated heterocycles. The first-order valence-corrected chi connectivity index (χ1v) is 40.8. The molecule has 0 bridgehead atoms. The van der Waals surface area contributed by atoms with Gasteiger partial charge in [-0.15, -0.1) is 0 Å². The molecule has 2 aliphatic rings. The number of furan rings is 1. The SMILES string of the molecule is CC1(C)c2ccccc2-c2ccc3cc(-c4ccc(-c5ccc(-c6nc(-c7ccccc7)nc(-c7ccc(-c8ccccc8)cc7)n6)cc5)c5ccccc45)ccc3c21.CC1(C)c2ccccc2-c2ccc3cc(-c4ccc(-c5ccc(-c6nc(-c7ccccc7)nc(-c7cccc8oc9ccccc9c78)n6)cc5)c5ccccc45)ccc3c21. The maximum atomic E-state index is 6.24. The number of rotatable bonds is 11. The topological polar surface area (TPSA) is 90.5 Å². The molecular weight excluding hydrogens is 1450 g/mol. The van der Waals surface area contributed by atoms with Crippen molar-refractivity contribution in [1.82, 2.24) is 29.9 Å². The number of nitrogens with zero attached hydrogens (tertiary/aromatic N) is 6. The van der Waals surface area contributed by atoms with Gasteiger partial charge in [0.25, 0.3) is 0 Å². The Balaban J connectivity index is 0.000000143. The Morgan fingerprint density at radius 3 is 0.908 bits per heavy atom. The van der Waals surface area contributed by atoms with E-state index in [1.807, 2.05) is 97.1 Å². The molecule has 560 valence electrons. The van der Waals surface area contributed by atoms with E-state index >= 15 is 0 Å². The summed E-state index contributed by atoms with van der Waals surface area (Å²) < 4.78 is 6.24. The van der Waals surface area contributed by atoms with Crippen LogP contribution < -0.4 is 0 Å². The summed E-state index contributed by atoms with van der Waals surface area (Å²) >= 11 is 0. The lowest BCUT2D eigenvalue weighted by atomic mass is 9.80. The highest BCUT2D eigenvalue weighted by Gasteiger charge is 2.38. The third kappa shape index (κ3) is 12.1. The third-order valence-corrected chi connectivity index (χ3v) is 24.7. The zero-order chi connectivity index (χ0) is 79.5. The van der Waals surface area contributed by atoms with Crippen LogP contribution in [-0.2, 0) is 10.8 Å². The molecule has 7 heteroatoms. The molecule has 0 unspecified atom stereocenters. The maximum absolute atomic E-state index is 6.24. The van der Waals surface area contributed by atoms with Crippen LogP contribution in [0.15, 0.2) is 393 Å². The largest absolute Gasteiger partial charge is 0.456 e. The second-order valence-electron chi connectivity index (χ2n) is 32.3. The van der Waals surface area contributed by atoms with Crippen LogP contribution in [0.4, 0.5) is 0 Å². The van der Waals surface area contributed by atoms with Crippen molar-refractivity contribution in [3.63, 3.8) is 0 Å². The summed E-state index contributed by atoms with van der Waals surface area (Å²) in [6.45, 7) is 9.44. The Kier molecular flexibility index (Phi) is 16.8. The monoisotopic (exact) mass is 1520 g/mol. The first-order valence-electron chi connectivity index (χ1n) is 40.8. The normalized spacial score (nSPS) is 12.8. The fourth-order valence-electron chi connectivity index (χ4n) is 18.9. The molecule has 0 aliphatic heterocycles. The number of hydrogen-bond donors (Lipinski definition) is 0. The minimum atomic E-state index is -0.0584. The molecule has 23 rings (SSSR count). The number of fused-ring (bicyclic) bond motifs is 15. The van der Waals surface area contributed by atoms with E-state index in [-0.39, 0.29) is 10.8 Å². The van der Waals surface area contributed by atoms with Gasteiger partial charge in [0.1, 0.15) is 11.2 Å². The van der Waals surface area contributed by atoms with Crippen molar-refractivity contribution < 1.29 is 4.42 Å². The van der Waals surface area contributed by atoms with E-state index in [0.29, 0.717) is 34.9 Å². The summed E-state index contributed by atoms with van der Waals surface area (Å²) in [5.41, 5.74) is 30.0. The van der Waals surface area contributed by atoms with Crippen molar-refractivity contribution in [3.8, 4) is 146 Å². The molecule has 21 aromatic rings. The van der Waals surface area contributed by atoms with Gasteiger partial charge in [-0.25, -0.2) is 29.9 Å². The average molecular weight is 1520 g/mol. The molecule has 0 N–H and O–H groups in total. The summed E-state index contributed by atoms with van der Waals surface area (Å²) in [5.74, 6) is 3.78. The van der Waals surface area contributed by atoms with E-state index in [9.17, 15) is 0 Å². The highest BCUT2D eigenvalue weighted by Crippen LogP contribution is 2.54. The highest BCUT2D eigenvalue weighted by molar-refractivity contribution is 6.13. The lowest BCUT2D eigenvalue weighted by Crippen LogP contribution is -2.15. The van der Waals surface area contributed by atoms with Crippen LogP contribution in [0.2, 0.25) is 0 Å². The first kappa shape index (κ1) is 70.4. The molecule has 18 aromatic carbocycles. The van der Waals surface area contributed by atoms with E-state index in [1.165, 1.54) is 127 Å². The molecule has 2 aliphatic carbocycles. The van der Waals surface area contributed by atoms with E-state index < -0.39 is 0 Å². The summed E-state index contributed by atoms with van der Waals surface area (Å²) in [4.78, 5) is 30.2. The molecule has 3 aromatic heterocycles. The van der Waals surface area contributed by atoms with Gasteiger partial charge in [-0.2, -0.15) is 0 Å². The first-order chi connectivity index (χ1) is 58.5. The van der Waals surface area contributed by atoms with E-state index in [1.54, 1.807) is 0 Å². The lowest BCUT2D eigenvalue weighted by molar-refractivity contribution is 0.666. The summed E-state index contributed by atoms with van der Waals surface area (Å²) in [6, 6.07) is 138. The van der Waals surface area contributed by atoms with Crippen LogP contribution in [0.25, 0.3) is 211 Å². The lowest BCUT2D eigenvalue weighted by Gasteiger charge is -2.23. The van der Waals surface area contributed by atoms with E-state index in [2.05, 4.69) is 319 Å². The van der Waals surface area contributed by atoms with Crippen molar-refractivity contribution in [2.45, 2.75) is 38.5 Å². The molecular formula is C112H76N6O. The van der Waals surface area contributed by atoms with Crippen molar-refractivity contribution in [3.05, 3.63) is 411 Å². The number of benzene rings is 18. The molecule has 119 heavy (non-hydrogen) atoms. The van der Waals surface area contributed by atoms with Gasteiger partial charge in [0.05, 0.1) is 0 Å². The predicted octanol–water partition coefficient (Wildman–Crippen LogP) is 29.2. The smallest absolute Gasteiger partial charge is 0.164 e. The number of para-hydroxylation sites is 1. The molecule has 3 heterocycles. The summed E-state index contributed by atoms with van der Waals surface area (Å²) in [6.07, 6.45) is 0. The Bertz CT molecular complexity index is 7620. The summed E-state index contributed by atoms with van der Waals surface area (Å²) in [7, 11) is 0. The number of aromatic nitrogens is 6. The van der Waals surface area contributed by atoms with Crippen LogP contribution in [0.3, 0.4) is 0 Å². The molecule has 0 atom stereocenters. The van der Waals surface area contributed by atoms with Crippen LogP contribution in [0.5, 0.6) is 0 Å². The zero-order valence-electron chi connectivity index (χ0n) is 66.0. The Morgan fingerprint density at radius 1 is 0.185 bits per heavy atom. The molecule has 0 radical (unpaired) electrons. The van der Waals surface area contributed by atoms with Gasteiger partial charge >= 0.3 is 0 Å². The van der Waals surface area contributed by atoms with Crippen molar-refractivity contribution in [1.29, 1.82) is 0 Å². The van der Waals surface area contributed by atoms with Crippen molar-refractivity contribution in [2.24, 2.45) is 0 Å². The van der Waals surface area contributed by atoms with Gasteiger partial charge < -0.3 is 4.42 Å². The minimum absolute atomic E-state index is 0.0536. The quantitative estimate of drug-likeness (QED) is 0.127. The van der Waals surface area contributed by atoms with Crippen molar-refractivity contribution in [2.75, 3.05) is 0 Å². The fourth-order valence-corrected chi connectivity index (χ4v) is 18.9. The average Bonchev–Trinajstić information content (AvgIpc) is 1.57. The van der Waals surface area contributed by atoms with Gasteiger partial charge in [-0.3, -0.25) is 0 Å². The van der Waals surface area contributed by atoms with Crippen LogP contribution in [0.1, 0.15) is 49.9 Å². The second kappa shape index (κ2) is 28.4. The van der Waals surface area contributed by atoms with Crippen LogP contribution >= 0.6 is 0 Å². The Hall–Kier alpha value is -15.2. The van der Waals surface area contributed by atoms with Crippen molar-refractivity contribution >= 4 is 65.0 Å². The molecule has 0 fully saturated rings. The minimum Gasteiger partial charge on any atom is -0.456 e. The highest BCUT2D eigenvalue weighted by atomic mass is 16.3. The van der Waals surface area contributed by atoms with Crippen LogP contribution in [0, 0.1) is 0 Å². The standard InChI is InChI=1S/C56H37N3O.C56H39N3/c1-56(2)48-20-10-8-17-44(48)45-30-28-38-33-37(27-29-41(38)52(45)56)40-32-31-39(42-15-6-7-16-43(40)42)34-23-25-36(26-24-34)54-57-53(35-13-4-3-5-14-35)58-55(59-54)47-19-12-22-50-51(47)46-18-9-11-21-49(46)60-50;1-56(2)51-20-12-11-19-49(51)50-32-30-43-35-42(29-31-46(43)52(50)56)45-34-33-44(47-17-9-10-18-48(45)47)38-23-27-41(28-24-38)55-58-53(39-15-7-4-8-16-39)57-54(59-55)40-25-21-37(22-26-40)36-13-5-3-6-14-36/h3-33H,1-2H3;3-35H,1-2H3. The molecule has 0 amide bonds. The van der Waals surface area contributed by atoms with Gasteiger partial charge in [0.15, 0.2) is 34.9 Å². The van der Waals surface area contributed by atoms with Gasteiger partial charge in [-0.05, 0) is 167 Å². The molecule has 7 nitrogen and oxygen atoms in total. The predicted molar refractivity (Wildman–Crippen MR) is 492 cm³/mol. The van der Waals surface area contributed by atoms with Crippen LogP contribution in [-0.4, -0.2) is 29.9 Å². The van der Waals surface area contributed by atoms with E-state index in [4.69, 9.17) is 34.3 Å². The zero-order valence-corrected chi connectivity index (χ0v) is 66.0. The molecule has 0 spiro atoms. The number of hydrogen-bond acceptors (Lipinski definition) is 7. The fraction of sp³-hybridized carbons (Fsp3) is 0.0536. The Morgan fingerprint density at radius 2 is 0.479 bits per heavy atom. The third-order valence-electron chi connectivity index (χ3n) is 24.7. The summed E-state index contributed by atoms with van der Waals surface area (Å²) in [5, 5.41) is 12.1. The van der Waals surface area contributed by atoms with Gasteiger partial charge in [0.2, 0.25) is 0 Å². The molecule has 0 saturated carbocycles. The second-order valence-corrected chi connectivity index (χ2v) is 32.3.